The topological polar surface area (TPSA) is 46.5 Å². The number of ether oxygens (including phenoxy) is 1. The monoisotopic (exact) mass is 318 g/mol. The first-order chi connectivity index (χ1) is 10.9. The van der Waals surface area contributed by atoms with E-state index in [1.165, 1.54) is 11.1 Å². The lowest BCUT2D eigenvalue weighted by molar-refractivity contribution is -0.135. The van der Waals surface area contributed by atoms with Gasteiger partial charge in [-0.2, -0.15) is 0 Å². The minimum atomic E-state index is -0.422. The molecular formula is C20H30O3. The fourth-order valence-corrected chi connectivity index (χ4v) is 3.85. The highest BCUT2D eigenvalue weighted by atomic mass is 16.5. The average Bonchev–Trinajstić information content (AvgIpc) is 2.82. The van der Waals surface area contributed by atoms with Gasteiger partial charge in [-0.1, -0.05) is 36.3 Å². The van der Waals surface area contributed by atoms with Gasteiger partial charge in [-0.05, 0) is 58.3 Å². The van der Waals surface area contributed by atoms with E-state index < -0.39 is 6.10 Å². The summed E-state index contributed by atoms with van der Waals surface area (Å²) in [6.45, 7) is 8.89. The summed E-state index contributed by atoms with van der Waals surface area (Å²) in [7, 11) is 0. The van der Waals surface area contributed by atoms with Crippen molar-refractivity contribution in [1.29, 1.82) is 0 Å². The van der Waals surface area contributed by atoms with Crippen LogP contribution in [0.5, 0.6) is 0 Å². The molecule has 0 spiro atoms. The molecule has 0 aromatic rings. The number of hydrogen-bond donors (Lipinski definition) is 1. The highest BCUT2D eigenvalue weighted by Crippen LogP contribution is 2.39. The highest BCUT2D eigenvalue weighted by molar-refractivity contribution is 5.91. The Kier molecular flexibility index (Phi) is 6.23. The van der Waals surface area contributed by atoms with Gasteiger partial charge in [-0.25, -0.2) is 4.79 Å². The third kappa shape index (κ3) is 4.57. The number of rotatable bonds is 4. The summed E-state index contributed by atoms with van der Waals surface area (Å²) in [6, 6.07) is 0. The molecule has 1 aliphatic heterocycles. The smallest absolute Gasteiger partial charge is 0.334 e. The Morgan fingerprint density at radius 2 is 2.17 bits per heavy atom. The largest absolute Gasteiger partial charge is 0.462 e. The highest BCUT2D eigenvalue weighted by Gasteiger charge is 2.41. The van der Waals surface area contributed by atoms with Gasteiger partial charge in [0.25, 0.3) is 0 Å². The van der Waals surface area contributed by atoms with E-state index >= 15 is 0 Å². The Balaban J connectivity index is 2.23. The second kappa shape index (κ2) is 7.96. The molecule has 0 saturated carbocycles. The van der Waals surface area contributed by atoms with Crippen LogP contribution in [0.4, 0.5) is 0 Å². The normalized spacial score (nSPS) is 29.3. The second-order valence-corrected chi connectivity index (χ2v) is 7.34. The van der Waals surface area contributed by atoms with Crippen molar-refractivity contribution in [3.05, 3.63) is 34.9 Å². The van der Waals surface area contributed by atoms with E-state index in [2.05, 4.69) is 39.8 Å². The van der Waals surface area contributed by atoms with Crippen LogP contribution in [0, 0.1) is 17.8 Å². The van der Waals surface area contributed by atoms with Crippen molar-refractivity contribution in [2.24, 2.45) is 17.8 Å². The van der Waals surface area contributed by atoms with Crippen LogP contribution >= 0.6 is 0 Å². The van der Waals surface area contributed by atoms with Crippen LogP contribution in [-0.4, -0.2) is 23.8 Å². The van der Waals surface area contributed by atoms with Gasteiger partial charge in [-0.3, -0.25) is 0 Å². The average molecular weight is 318 g/mol. The molecule has 23 heavy (non-hydrogen) atoms. The first-order valence-electron chi connectivity index (χ1n) is 8.74. The number of aliphatic hydroxyl groups is 1. The maximum Gasteiger partial charge on any atom is 0.334 e. The molecule has 3 nitrogen and oxygen atoms in total. The van der Waals surface area contributed by atoms with Gasteiger partial charge in [0.15, 0.2) is 0 Å². The lowest BCUT2D eigenvalue weighted by Crippen LogP contribution is -2.34. The van der Waals surface area contributed by atoms with E-state index in [1.54, 1.807) is 0 Å². The maximum atomic E-state index is 12.0. The fraction of sp³-hybridized carbons (Fsp3) is 0.650. The summed E-state index contributed by atoms with van der Waals surface area (Å²) in [4.78, 5) is 12.0. The third-order valence-electron chi connectivity index (χ3n) is 5.10. The number of allylic oxidation sites excluding steroid dienone is 4. The lowest BCUT2D eigenvalue weighted by atomic mass is 9.73. The van der Waals surface area contributed by atoms with Gasteiger partial charge in [0.1, 0.15) is 0 Å². The van der Waals surface area contributed by atoms with Crippen molar-refractivity contribution < 1.29 is 14.6 Å². The molecule has 0 bridgehead atoms. The Morgan fingerprint density at radius 1 is 1.43 bits per heavy atom. The molecule has 2 rings (SSSR count). The number of hydrogen-bond acceptors (Lipinski definition) is 3. The van der Waals surface area contributed by atoms with E-state index in [4.69, 9.17) is 4.74 Å². The molecule has 0 aromatic heterocycles. The van der Waals surface area contributed by atoms with E-state index in [0.29, 0.717) is 18.9 Å². The molecule has 4 unspecified atom stereocenters. The number of aliphatic hydroxyl groups excluding tert-OH is 1. The third-order valence-corrected chi connectivity index (χ3v) is 5.10. The number of fused-ring (bicyclic) bond motifs is 1. The predicted molar refractivity (Wildman–Crippen MR) is 92.8 cm³/mol. The number of esters is 1. The zero-order valence-corrected chi connectivity index (χ0v) is 14.8. The summed E-state index contributed by atoms with van der Waals surface area (Å²) < 4.78 is 5.30. The quantitative estimate of drug-likeness (QED) is 0.624. The molecule has 1 aliphatic carbocycles. The zero-order valence-electron chi connectivity index (χ0n) is 14.8. The van der Waals surface area contributed by atoms with E-state index in [1.807, 2.05) is 6.08 Å². The van der Waals surface area contributed by atoms with E-state index in [0.717, 1.165) is 24.8 Å². The van der Waals surface area contributed by atoms with Gasteiger partial charge in [-0.15, -0.1) is 0 Å². The maximum absolute atomic E-state index is 12.0. The van der Waals surface area contributed by atoms with Crippen molar-refractivity contribution in [3.63, 3.8) is 0 Å². The van der Waals surface area contributed by atoms with Crippen LogP contribution in [0.3, 0.4) is 0 Å². The summed E-state index contributed by atoms with van der Waals surface area (Å²) in [6.07, 6.45) is 9.40. The molecule has 4 atom stereocenters. The van der Waals surface area contributed by atoms with Crippen LogP contribution in [0.1, 0.15) is 53.4 Å². The first kappa shape index (κ1) is 18.0. The van der Waals surface area contributed by atoms with Crippen molar-refractivity contribution >= 4 is 5.97 Å². The van der Waals surface area contributed by atoms with Crippen LogP contribution < -0.4 is 0 Å². The minimum Gasteiger partial charge on any atom is -0.462 e. The van der Waals surface area contributed by atoms with Crippen molar-refractivity contribution in [1.82, 2.24) is 0 Å². The SMILES string of the molecule is CC(C)=CCCC(C)C1C(O)CC(C)=CCC=C2C(=O)OCC21. The summed E-state index contributed by atoms with van der Waals surface area (Å²) in [5.74, 6) is 0.240. The van der Waals surface area contributed by atoms with Crippen LogP contribution in [0.2, 0.25) is 0 Å². The molecule has 1 heterocycles. The van der Waals surface area contributed by atoms with Gasteiger partial charge < -0.3 is 9.84 Å². The molecule has 1 saturated heterocycles. The van der Waals surface area contributed by atoms with Gasteiger partial charge >= 0.3 is 5.97 Å². The number of cyclic esters (lactones) is 1. The predicted octanol–water partition coefficient (Wildman–Crippen LogP) is 4.19. The molecule has 128 valence electrons. The molecule has 1 fully saturated rings. The molecule has 0 amide bonds. The van der Waals surface area contributed by atoms with Gasteiger partial charge in [0.2, 0.25) is 0 Å². The molecule has 2 aliphatic rings. The van der Waals surface area contributed by atoms with Crippen molar-refractivity contribution in [2.45, 2.75) is 59.5 Å². The summed E-state index contributed by atoms with van der Waals surface area (Å²) >= 11 is 0. The number of carbonyl (C=O) groups excluding carboxylic acids is 1. The van der Waals surface area contributed by atoms with Crippen LogP contribution in [0.25, 0.3) is 0 Å². The zero-order chi connectivity index (χ0) is 17.0. The van der Waals surface area contributed by atoms with E-state index in [9.17, 15) is 9.90 Å². The molecule has 1 N–H and O–H groups in total. The first-order valence-corrected chi connectivity index (χ1v) is 8.74. The number of carbonyl (C=O) groups is 1. The molecule has 0 radical (unpaired) electrons. The molecule has 3 heteroatoms. The van der Waals surface area contributed by atoms with Gasteiger partial charge in [0.05, 0.1) is 12.7 Å². The van der Waals surface area contributed by atoms with E-state index in [-0.39, 0.29) is 17.8 Å². The Bertz CT molecular complexity index is 523. The fourth-order valence-electron chi connectivity index (χ4n) is 3.85. The van der Waals surface area contributed by atoms with Crippen molar-refractivity contribution in [3.8, 4) is 0 Å². The van der Waals surface area contributed by atoms with Crippen LogP contribution in [0.15, 0.2) is 34.9 Å². The van der Waals surface area contributed by atoms with Crippen LogP contribution in [-0.2, 0) is 9.53 Å². The van der Waals surface area contributed by atoms with Gasteiger partial charge in [0, 0.05) is 11.5 Å². The summed E-state index contributed by atoms with van der Waals surface area (Å²) in [5.41, 5.74) is 3.30. The Labute approximate surface area is 140 Å². The Morgan fingerprint density at radius 3 is 2.87 bits per heavy atom. The Hall–Kier alpha value is -1.35. The minimum absolute atomic E-state index is 0.0264. The molecule has 0 aromatic carbocycles. The second-order valence-electron chi connectivity index (χ2n) is 7.34. The van der Waals surface area contributed by atoms with Crippen molar-refractivity contribution in [2.75, 3.05) is 6.61 Å². The summed E-state index contributed by atoms with van der Waals surface area (Å²) in [5, 5.41) is 10.8. The standard InChI is InChI=1S/C20H30O3/c1-13(2)7-5-9-15(4)19-17-12-23-20(22)16(17)10-6-8-14(3)11-18(19)21/h7-8,10,15,17-19,21H,5-6,9,11-12H2,1-4H3. The lowest BCUT2D eigenvalue weighted by Gasteiger charge is -2.32. The molecular weight excluding hydrogens is 288 g/mol.